The zero-order valence-corrected chi connectivity index (χ0v) is 10.9. The van der Waals surface area contributed by atoms with Crippen molar-refractivity contribution in [3.05, 3.63) is 30.3 Å². The molecule has 2 N–H and O–H groups in total. The second-order valence-electron chi connectivity index (χ2n) is 4.43. The minimum absolute atomic E-state index is 0.889. The Labute approximate surface area is 109 Å². The monoisotopic (exact) mass is 249 g/mol. The van der Waals surface area contributed by atoms with Crippen LogP contribution in [0.25, 0.3) is 0 Å². The summed E-state index contributed by atoms with van der Waals surface area (Å²) in [6.45, 7) is 8.30. The van der Waals surface area contributed by atoms with Crippen molar-refractivity contribution in [3.8, 4) is 0 Å². The molecule has 2 heterocycles. The van der Waals surface area contributed by atoms with Crippen molar-refractivity contribution in [2.75, 3.05) is 57.4 Å². The van der Waals surface area contributed by atoms with Crippen molar-refractivity contribution in [1.82, 2.24) is 10.6 Å². The fourth-order valence-electron chi connectivity index (χ4n) is 2.08. The third-order valence-corrected chi connectivity index (χ3v) is 3.08. The van der Waals surface area contributed by atoms with Crippen LogP contribution < -0.4 is 15.5 Å². The number of morpholine rings is 1. The second kappa shape index (κ2) is 8.08. The van der Waals surface area contributed by atoms with Crippen LogP contribution in [0.2, 0.25) is 0 Å². The van der Waals surface area contributed by atoms with Crippen molar-refractivity contribution in [3.63, 3.8) is 0 Å². The molecule has 0 spiro atoms. The van der Waals surface area contributed by atoms with Gasteiger partial charge in [0.1, 0.15) is 0 Å². The van der Waals surface area contributed by atoms with Crippen LogP contribution in [-0.4, -0.2) is 52.5 Å². The molecule has 0 aromatic heterocycles. The molecule has 2 saturated heterocycles. The molecule has 0 bridgehead atoms. The molecule has 4 nitrogen and oxygen atoms in total. The van der Waals surface area contributed by atoms with Gasteiger partial charge in [0.15, 0.2) is 0 Å². The number of hydrogen-bond donors (Lipinski definition) is 2. The van der Waals surface area contributed by atoms with Gasteiger partial charge in [0.2, 0.25) is 0 Å². The molecule has 1 aromatic carbocycles. The maximum Gasteiger partial charge on any atom is 0.0591 e. The molecular weight excluding hydrogens is 226 g/mol. The zero-order chi connectivity index (χ0) is 12.5. The Morgan fingerprint density at radius 1 is 0.833 bits per heavy atom. The SMILES string of the molecule is C1COCCN1.c1ccc(N2CCNCC2)cc1. The van der Waals surface area contributed by atoms with Gasteiger partial charge >= 0.3 is 0 Å². The Balaban J connectivity index is 0.000000169. The number of benzene rings is 1. The predicted octanol–water partition coefficient (Wildman–Crippen LogP) is 0.702. The van der Waals surface area contributed by atoms with E-state index in [1.165, 1.54) is 5.69 Å². The molecule has 0 atom stereocenters. The quantitative estimate of drug-likeness (QED) is 0.768. The Kier molecular flexibility index (Phi) is 5.99. The molecule has 2 aliphatic heterocycles. The van der Waals surface area contributed by atoms with Crippen LogP contribution in [0.3, 0.4) is 0 Å². The van der Waals surface area contributed by atoms with Crippen molar-refractivity contribution in [1.29, 1.82) is 0 Å². The molecular formula is C14H23N3O. The highest BCUT2D eigenvalue weighted by Crippen LogP contribution is 2.12. The first-order valence-electron chi connectivity index (χ1n) is 6.76. The van der Waals surface area contributed by atoms with E-state index in [0.717, 1.165) is 52.5 Å². The number of ether oxygens (including phenoxy) is 1. The molecule has 18 heavy (non-hydrogen) atoms. The molecule has 3 rings (SSSR count). The minimum atomic E-state index is 0.889. The third-order valence-electron chi connectivity index (χ3n) is 3.08. The number of para-hydroxylation sites is 1. The first-order chi connectivity index (χ1) is 8.97. The number of anilines is 1. The normalized spacial score (nSPS) is 19.9. The van der Waals surface area contributed by atoms with Crippen LogP contribution in [0.15, 0.2) is 30.3 Å². The molecule has 0 radical (unpaired) electrons. The average molecular weight is 249 g/mol. The number of piperazine rings is 1. The fraction of sp³-hybridized carbons (Fsp3) is 0.571. The lowest BCUT2D eigenvalue weighted by Gasteiger charge is -2.29. The van der Waals surface area contributed by atoms with Gasteiger partial charge in [-0.1, -0.05) is 18.2 Å². The number of nitrogens with one attached hydrogen (secondary N) is 2. The van der Waals surface area contributed by atoms with Gasteiger partial charge in [-0.3, -0.25) is 0 Å². The van der Waals surface area contributed by atoms with E-state index in [-0.39, 0.29) is 0 Å². The number of nitrogens with zero attached hydrogens (tertiary/aromatic N) is 1. The Bertz CT molecular complexity index is 297. The molecule has 2 fully saturated rings. The van der Waals surface area contributed by atoms with Gasteiger partial charge in [0.05, 0.1) is 13.2 Å². The van der Waals surface area contributed by atoms with E-state index >= 15 is 0 Å². The summed E-state index contributed by atoms with van der Waals surface area (Å²) in [5.74, 6) is 0. The first-order valence-corrected chi connectivity index (χ1v) is 6.76. The molecule has 4 heteroatoms. The van der Waals surface area contributed by atoms with E-state index in [0.29, 0.717) is 0 Å². The van der Waals surface area contributed by atoms with E-state index in [4.69, 9.17) is 4.74 Å². The largest absolute Gasteiger partial charge is 0.379 e. The molecule has 0 amide bonds. The van der Waals surface area contributed by atoms with Crippen LogP contribution in [0, 0.1) is 0 Å². The van der Waals surface area contributed by atoms with Gasteiger partial charge in [-0.05, 0) is 12.1 Å². The summed E-state index contributed by atoms with van der Waals surface area (Å²) < 4.78 is 5.01. The minimum Gasteiger partial charge on any atom is -0.379 e. The fourth-order valence-corrected chi connectivity index (χ4v) is 2.08. The van der Waals surface area contributed by atoms with Crippen LogP contribution in [0.4, 0.5) is 5.69 Å². The van der Waals surface area contributed by atoms with Gasteiger partial charge in [0, 0.05) is 45.0 Å². The van der Waals surface area contributed by atoms with E-state index in [2.05, 4.69) is 45.9 Å². The summed E-state index contributed by atoms with van der Waals surface area (Å²) in [4.78, 5) is 2.41. The lowest BCUT2D eigenvalue weighted by molar-refractivity contribution is 0.109. The van der Waals surface area contributed by atoms with Crippen LogP contribution in [-0.2, 0) is 4.74 Å². The smallest absolute Gasteiger partial charge is 0.0591 e. The second-order valence-corrected chi connectivity index (χ2v) is 4.43. The molecule has 2 aliphatic rings. The van der Waals surface area contributed by atoms with E-state index in [1.807, 2.05) is 0 Å². The summed E-state index contributed by atoms with van der Waals surface area (Å²) >= 11 is 0. The Hall–Kier alpha value is -1.10. The van der Waals surface area contributed by atoms with Gasteiger partial charge in [-0.25, -0.2) is 0 Å². The first kappa shape index (κ1) is 13.3. The zero-order valence-electron chi connectivity index (χ0n) is 10.9. The van der Waals surface area contributed by atoms with Crippen molar-refractivity contribution in [2.24, 2.45) is 0 Å². The standard InChI is InChI=1S/C10H14N2.C4H9NO/c1-2-4-10(5-3-1)12-8-6-11-7-9-12;1-3-6-4-2-5-1/h1-5,11H,6-9H2;5H,1-4H2. The van der Waals surface area contributed by atoms with Gasteiger partial charge in [-0.15, -0.1) is 0 Å². The van der Waals surface area contributed by atoms with E-state index in [1.54, 1.807) is 0 Å². The highest BCUT2D eigenvalue weighted by molar-refractivity contribution is 5.46. The van der Waals surface area contributed by atoms with Crippen LogP contribution in [0.1, 0.15) is 0 Å². The molecule has 0 saturated carbocycles. The highest BCUT2D eigenvalue weighted by atomic mass is 16.5. The predicted molar refractivity (Wildman–Crippen MR) is 75.2 cm³/mol. The maximum atomic E-state index is 5.01. The third kappa shape index (κ3) is 4.64. The summed E-state index contributed by atoms with van der Waals surface area (Å²) in [6.07, 6.45) is 0. The molecule has 0 unspecified atom stereocenters. The van der Waals surface area contributed by atoms with Gasteiger partial charge in [0.25, 0.3) is 0 Å². The van der Waals surface area contributed by atoms with Crippen molar-refractivity contribution in [2.45, 2.75) is 0 Å². The molecule has 100 valence electrons. The number of rotatable bonds is 1. The summed E-state index contributed by atoms with van der Waals surface area (Å²) in [5.41, 5.74) is 1.35. The Morgan fingerprint density at radius 3 is 1.94 bits per heavy atom. The molecule has 0 aliphatic carbocycles. The Morgan fingerprint density at radius 2 is 1.44 bits per heavy atom. The van der Waals surface area contributed by atoms with Crippen molar-refractivity contribution < 1.29 is 4.74 Å². The number of hydrogen-bond acceptors (Lipinski definition) is 4. The summed E-state index contributed by atoms with van der Waals surface area (Å²) in [7, 11) is 0. The van der Waals surface area contributed by atoms with Crippen molar-refractivity contribution >= 4 is 5.69 Å². The van der Waals surface area contributed by atoms with Crippen LogP contribution >= 0.6 is 0 Å². The van der Waals surface area contributed by atoms with Gasteiger partial charge in [-0.2, -0.15) is 0 Å². The molecule has 1 aromatic rings. The van der Waals surface area contributed by atoms with E-state index in [9.17, 15) is 0 Å². The van der Waals surface area contributed by atoms with Gasteiger partial charge < -0.3 is 20.3 Å². The average Bonchev–Trinajstić information content (AvgIpc) is 2.51. The van der Waals surface area contributed by atoms with E-state index < -0.39 is 0 Å². The topological polar surface area (TPSA) is 36.5 Å². The lowest BCUT2D eigenvalue weighted by atomic mass is 10.2. The summed E-state index contributed by atoms with van der Waals surface area (Å²) in [6, 6.07) is 10.6. The lowest BCUT2D eigenvalue weighted by Crippen LogP contribution is -2.43. The summed E-state index contributed by atoms with van der Waals surface area (Å²) in [5, 5.41) is 6.50. The van der Waals surface area contributed by atoms with Crippen LogP contribution in [0.5, 0.6) is 0 Å². The highest BCUT2D eigenvalue weighted by Gasteiger charge is 2.08. The maximum absolute atomic E-state index is 5.01.